The van der Waals surface area contributed by atoms with Crippen LogP contribution in [-0.4, -0.2) is 5.91 Å². The van der Waals surface area contributed by atoms with Crippen LogP contribution in [0, 0.1) is 0 Å². The number of benzene rings is 3. The standard InChI is InChI=1S/C20H17NO/c21-20(22)17-12-10-16(11-13-17)19-9-5-4-8-18(19)14-15-6-2-1-3-7-15/h1-13H,14H2,(H2,21,22). The van der Waals surface area contributed by atoms with Crippen molar-refractivity contribution in [2.45, 2.75) is 6.42 Å². The Bertz CT molecular complexity index is 776. The van der Waals surface area contributed by atoms with Crippen molar-refractivity contribution in [3.63, 3.8) is 0 Å². The number of amides is 1. The summed E-state index contributed by atoms with van der Waals surface area (Å²) in [5, 5.41) is 0. The molecule has 0 radical (unpaired) electrons. The first-order valence-electron chi connectivity index (χ1n) is 7.26. The summed E-state index contributed by atoms with van der Waals surface area (Å²) >= 11 is 0. The fourth-order valence-electron chi connectivity index (χ4n) is 2.59. The van der Waals surface area contributed by atoms with Gasteiger partial charge in [0.15, 0.2) is 0 Å². The van der Waals surface area contributed by atoms with Gasteiger partial charge in [-0.1, -0.05) is 66.7 Å². The lowest BCUT2D eigenvalue weighted by Gasteiger charge is -2.10. The molecular weight excluding hydrogens is 270 g/mol. The molecule has 2 nitrogen and oxygen atoms in total. The molecule has 3 aromatic carbocycles. The SMILES string of the molecule is NC(=O)c1ccc(-c2ccccc2Cc2ccccc2)cc1. The van der Waals surface area contributed by atoms with Gasteiger partial charge in [-0.3, -0.25) is 4.79 Å². The van der Waals surface area contributed by atoms with Gasteiger partial charge in [-0.2, -0.15) is 0 Å². The first-order chi connectivity index (χ1) is 10.7. The minimum atomic E-state index is -0.399. The molecule has 1 amide bonds. The molecule has 0 bridgehead atoms. The summed E-state index contributed by atoms with van der Waals surface area (Å²) in [5.41, 5.74) is 10.6. The second kappa shape index (κ2) is 6.27. The zero-order valence-electron chi connectivity index (χ0n) is 12.2. The Kier molecular flexibility index (Phi) is 4.01. The maximum atomic E-state index is 11.2. The number of primary amides is 1. The van der Waals surface area contributed by atoms with E-state index in [1.54, 1.807) is 12.1 Å². The maximum absolute atomic E-state index is 11.2. The van der Waals surface area contributed by atoms with Crippen molar-refractivity contribution in [1.29, 1.82) is 0 Å². The number of hydrogen-bond acceptors (Lipinski definition) is 1. The Morgan fingerprint density at radius 1 is 0.773 bits per heavy atom. The summed E-state index contributed by atoms with van der Waals surface area (Å²) in [6, 6.07) is 26.2. The van der Waals surface area contributed by atoms with E-state index < -0.39 is 5.91 Å². The molecule has 108 valence electrons. The number of rotatable bonds is 4. The van der Waals surface area contributed by atoms with Gasteiger partial charge < -0.3 is 5.73 Å². The van der Waals surface area contributed by atoms with E-state index in [0.717, 1.165) is 12.0 Å². The van der Waals surface area contributed by atoms with Crippen LogP contribution >= 0.6 is 0 Å². The summed E-state index contributed by atoms with van der Waals surface area (Å²) < 4.78 is 0. The lowest BCUT2D eigenvalue weighted by Crippen LogP contribution is -2.10. The Balaban J connectivity index is 1.95. The predicted molar refractivity (Wildman–Crippen MR) is 89.6 cm³/mol. The molecule has 0 unspecified atom stereocenters. The van der Waals surface area contributed by atoms with Crippen LogP contribution in [0.15, 0.2) is 78.9 Å². The van der Waals surface area contributed by atoms with Crippen molar-refractivity contribution >= 4 is 5.91 Å². The van der Waals surface area contributed by atoms with Gasteiger partial charge in [0, 0.05) is 5.56 Å². The van der Waals surface area contributed by atoms with Gasteiger partial charge in [0.05, 0.1) is 0 Å². The Hall–Kier alpha value is -2.87. The molecule has 22 heavy (non-hydrogen) atoms. The summed E-state index contributed by atoms with van der Waals surface area (Å²) in [5.74, 6) is -0.399. The Morgan fingerprint density at radius 2 is 1.41 bits per heavy atom. The summed E-state index contributed by atoms with van der Waals surface area (Å²) in [6.07, 6.45) is 0.884. The van der Waals surface area contributed by atoms with E-state index in [4.69, 9.17) is 5.73 Å². The highest BCUT2D eigenvalue weighted by Gasteiger charge is 2.06. The third-order valence-electron chi connectivity index (χ3n) is 3.74. The van der Waals surface area contributed by atoms with Gasteiger partial charge in [0.2, 0.25) is 5.91 Å². The minimum absolute atomic E-state index is 0.399. The molecule has 0 saturated carbocycles. The van der Waals surface area contributed by atoms with Gasteiger partial charge in [-0.25, -0.2) is 0 Å². The first kappa shape index (κ1) is 14.1. The van der Waals surface area contributed by atoms with Crippen LogP contribution in [-0.2, 0) is 6.42 Å². The largest absolute Gasteiger partial charge is 0.366 e. The van der Waals surface area contributed by atoms with Crippen LogP contribution in [0.25, 0.3) is 11.1 Å². The lowest BCUT2D eigenvalue weighted by molar-refractivity contribution is 0.100. The van der Waals surface area contributed by atoms with Crippen LogP contribution in [0.2, 0.25) is 0 Å². The van der Waals surface area contributed by atoms with E-state index in [-0.39, 0.29) is 0 Å². The monoisotopic (exact) mass is 287 g/mol. The fourth-order valence-corrected chi connectivity index (χ4v) is 2.59. The lowest BCUT2D eigenvalue weighted by atomic mass is 9.94. The zero-order valence-corrected chi connectivity index (χ0v) is 12.2. The normalized spacial score (nSPS) is 10.4. The fraction of sp³-hybridized carbons (Fsp3) is 0.0500. The smallest absolute Gasteiger partial charge is 0.248 e. The average molecular weight is 287 g/mol. The summed E-state index contributed by atoms with van der Waals surface area (Å²) in [7, 11) is 0. The van der Waals surface area contributed by atoms with Crippen LogP contribution < -0.4 is 5.73 Å². The summed E-state index contributed by atoms with van der Waals surface area (Å²) in [6.45, 7) is 0. The number of carbonyl (C=O) groups excluding carboxylic acids is 1. The number of carbonyl (C=O) groups is 1. The van der Waals surface area contributed by atoms with Crippen molar-refractivity contribution in [1.82, 2.24) is 0 Å². The predicted octanol–water partition coefficient (Wildman–Crippen LogP) is 4.04. The quantitative estimate of drug-likeness (QED) is 0.773. The van der Waals surface area contributed by atoms with Gasteiger partial charge >= 0.3 is 0 Å². The molecular formula is C20H17NO. The van der Waals surface area contributed by atoms with Gasteiger partial charge in [0.25, 0.3) is 0 Å². The van der Waals surface area contributed by atoms with Crippen molar-refractivity contribution in [3.05, 3.63) is 95.6 Å². The number of hydrogen-bond donors (Lipinski definition) is 1. The van der Waals surface area contributed by atoms with Gasteiger partial charge in [-0.15, -0.1) is 0 Å². The van der Waals surface area contributed by atoms with Gasteiger partial charge in [-0.05, 0) is 40.8 Å². The third-order valence-corrected chi connectivity index (χ3v) is 3.74. The second-order valence-electron chi connectivity index (χ2n) is 5.26. The molecule has 0 aliphatic rings. The molecule has 2 N–H and O–H groups in total. The maximum Gasteiger partial charge on any atom is 0.248 e. The van der Waals surface area contributed by atoms with E-state index in [1.807, 2.05) is 24.3 Å². The van der Waals surface area contributed by atoms with E-state index >= 15 is 0 Å². The molecule has 0 heterocycles. The van der Waals surface area contributed by atoms with Crippen molar-refractivity contribution in [2.75, 3.05) is 0 Å². The van der Waals surface area contributed by atoms with Crippen molar-refractivity contribution < 1.29 is 4.79 Å². The third kappa shape index (κ3) is 3.07. The first-order valence-corrected chi connectivity index (χ1v) is 7.26. The molecule has 0 saturated heterocycles. The van der Waals surface area contributed by atoms with E-state index in [2.05, 4.69) is 42.5 Å². The average Bonchev–Trinajstić information content (AvgIpc) is 2.56. The Labute approximate surface area is 130 Å². The summed E-state index contributed by atoms with van der Waals surface area (Å²) in [4.78, 5) is 11.2. The molecule has 3 aromatic rings. The van der Waals surface area contributed by atoms with Crippen molar-refractivity contribution in [2.24, 2.45) is 5.73 Å². The molecule has 0 spiro atoms. The number of nitrogens with two attached hydrogens (primary N) is 1. The highest BCUT2D eigenvalue weighted by atomic mass is 16.1. The topological polar surface area (TPSA) is 43.1 Å². The molecule has 0 fully saturated rings. The molecule has 3 rings (SSSR count). The van der Waals surface area contributed by atoms with Crippen LogP contribution in [0.1, 0.15) is 21.5 Å². The minimum Gasteiger partial charge on any atom is -0.366 e. The molecule has 0 aromatic heterocycles. The highest BCUT2D eigenvalue weighted by Crippen LogP contribution is 2.26. The highest BCUT2D eigenvalue weighted by molar-refractivity contribution is 5.93. The van der Waals surface area contributed by atoms with E-state index in [9.17, 15) is 4.79 Å². The van der Waals surface area contributed by atoms with Crippen LogP contribution in [0.5, 0.6) is 0 Å². The zero-order chi connectivity index (χ0) is 15.4. The van der Waals surface area contributed by atoms with E-state index in [0.29, 0.717) is 5.56 Å². The van der Waals surface area contributed by atoms with Crippen LogP contribution in [0.4, 0.5) is 0 Å². The second-order valence-corrected chi connectivity index (χ2v) is 5.26. The van der Waals surface area contributed by atoms with Gasteiger partial charge in [0.1, 0.15) is 0 Å². The van der Waals surface area contributed by atoms with Crippen LogP contribution in [0.3, 0.4) is 0 Å². The Morgan fingerprint density at radius 3 is 2.09 bits per heavy atom. The van der Waals surface area contributed by atoms with Crippen molar-refractivity contribution in [3.8, 4) is 11.1 Å². The van der Waals surface area contributed by atoms with E-state index in [1.165, 1.54) is 16.7 Å². The molecule has 0 aliphatic heterocycles. The molecule has 0 aliphatic carbocycles. The molecule has 0 atom stereocenters. The molecule has 2 heteroatoms.